The Kier molecular flexibility index (Phi) is 4.80. The molecule has 2 aromatic rings. The van der Waals surface area contributed by atoms with Crippen molar-refractivity contribution >= 4 is 5.91 Å². The molecule has 1 amide bonds. The van der Waals surface area contributed by atoms with Crippen molar-refractivity contribution in [2.45, 2.75) is 39.7 Å². The van der Waals surface area contributed by atoms with Crippen LogP contribution in [0.4, 0.5) is 0 Å². The summed E-state index contributed by atoms with van der Waals surface area (Å²) in [6, 6.07) is 3.93. The highest BCUT2D eigenvalue weighted by molar-refractivity contribution is 5.79. The number of amides is 1. The second-order valence-corrected chi connectivity index (χ2v) is 5.68. The molecule has 1 atom stereocenters. The third-order valence-corrected chi connectivity index (χ3v) is 4.08. The van der Waals surface area contributed by atoms with Crippen LogP contribution in [0.1, 0.15) is 29.4 Å². The fourth-order valence-electron chi connectivity index (χ4n) is 2.36. The molecule has 0 saturated carbocycles. The van der Waals surface area contributed by atoms with E-state index in [1.165, 1.54) is 0 Å². The van der Waals surface area contributed by atoms with Gasteiger partial charge in [-0.2, -0.15) is 0 Å². The predicted molar refractivity (Wildman–Crippen MR) is 84.8 cm³/mol. The number of aryl methyl sites for hydroxylation is 2. The molecule has 2 rings (SSSR count). The minimum Gasteiger partial charge on any atom is -0.342 e. The van der Waals surface area contributed by atoms with Crippen molar-refractivity contribution < 1.29 is 4.79 Å². The van der Waals surface area contributed by atoms with Crippen molar-refractivity contribution in [1.82, 2.24) is 20.1 Å². The van der Waals surface area contributed by atoms with Crippen molar-refractivity contribution in [3.8, 4) is 0 Å². The van der Waals surface area contributed by atoms with E-state index in [0.29, 0.717) is 17.7 Å². The van der Waals surface area contributed by atoms with Crippen molar-refractivity contribution in [1.29, 1.82) is 0 Å². The number of hydrogen-bond donors (Lipinski definition) is 2. The second-order valence-electron chi connectivity index (χ2n) is 5.68. The Hall–Kier alpha value is -2.37. The minimum atomic E-state index is -0.229. The molecular weight excluding hydrogens is 280 g/mol. The summed E-state index contributed by atoms with van der Waals surface area (Å²) in [6.45, 7) is 5.78. The third kappa shape index (κ3) is 3.44. The highest BCUT2D eigenvalue weighted by Crippen LogP contribution is 2.11. The minimum absolute atomic E-state index is 0.0134. The molecule has 0 radical (unpaired) electrons. The van der Waals surface area contributed by atoms with Gasteiger partial charge in [0.15, 0.2) is 0 Å². The van der Waals surface area contributed by atoms with E-state index in [2.05, 4.69) is 15.2 Å². The van der Waals surface area contributed by atoms with Gasteiger partial charge >= 0.3 is 0 Å². The Bertz CT molecular complexity index is 717. The lowest BCUT2D eigenvalue weighted by Gasteiger charge is -2.25. The summed E-state index contributed by atoms with van der Waals surface area (Å²) in [5, 5.41) is 5.24. The fraction of sp³-hybridized carbons (Fsp3) is 0.438. The Morgan fingerprint density at radius 2 is 2.09 bits per heavy atom. The molecule has 1 unspecified atom stereocenters. The number of nitrogens with zero attached hydrogens (tertiary/aromatic N) is 2. The van der Waals surface area contributed by atoms with Crippen LogP contribution in [0.15, 0.2) is 23.1 Å². The standard InChI is InChI=1S/C16H22N4O2/c1-10-6-5-7-17-14(10)8-11(2)20(4)15(21)9-13-12(3)18-19-16(13)22/h5-7,11H,8-9H2,1-4H3,(H2,18,19,22). The van der Waals surface area contributed by atoms with Crippen molar-refractivity contribution in [2.24, 2.45) is 0 Å². The number of pyridine rings is 1. The summed E-state index contributed by atoms with van der Waals surface area (Å²) in [7, 11) is 1.77. The average molecular weight is 302 g/mol. The van der Waals surface area contributed by atoms with E-state index >= 15 is 0 Å². The molecule has 0 saturated heterocycles. The summed E-state index contributed by atoms with van der Waals surface area (Å²) in [5.74, 6) is -0.0747. The van der Waals surface area contributed by atoms with Gasteiger partial charge in [0.1, 0.15) is 0 Å². The normalized spacial score (nSPS) is 12.2. The Balaban J connectivity index is 2.04. The first-order chi connectivity index (χ1) is 10.4. The largest absolute Gasteiger partial charge is 0.342 e. The molecule has 118 valence electrons. The predicted octanol–water partition coefficient (Wildman–Crippen LogP) is 1.35. The van der Waals surface area contributed by atoms with Crippen LogP contribution in [0.3, 0.4) is 0 Å². The second kappa shape index (κ2) is 6.60. The first-order valence-corrected chi connectivity index (χ1v) is 7.32. The van der Waals surface area contributed by atoms with Crippen LogP contribution in [0.2, 0.25) is 0 Å². The number of likely N-dealkylation sites (N-methyl/N-ethyl adjacent to an activating group) is 1. The summed E-state index contributed by atoms with van der Waals surface area (Å²) in [5.41, 5.74) is 3.09. The molecule has 6 heteroatoms. The molecule has 2 aromatic heterocycles. The zero-order chi connectivity index (χ0) is 16.3. The van der Waals surface area contributed by atoms with Crippen molar-refractivity contribution in [2.75, 3.05) is 7.05 Å². The maximum absolute atomic E-state index is 12.4. The number of carbonyl (C=O) groups is 1. The van der Waals surface area contributed by atoms with Gasteiger partial charge in [0, 0.05) is 42.7 Å². The van der Waals surface area contributed by atoms with E-state index < -0.39 is 0 Å². The highest BCUT2D eigenvalue weighted by atomic mass is 16.2. The zero-order valence-corrected chi connectivity index (χ0v) is 13.4. The van der Waals surface area contributed by atoms with Crippen molar-refractivity contribution in [3.05, 3.63) is 51.2 Å². The molecule has 22 heavy (non-hydrogen) atoms. The molecule has 0 aliphatic carbocycles. The van der Waals surface area contributed by atoms with Gasteiger partial charge in [0.25, 0.3) is 5.56 Å². The van der Waals surface area contributed by atoms with E-state index in [4.69, 9.17) is 0 Å². The Morgan fingerprint density at radius 1 is 1.36 bits per heavy atom. The summed E-state index contributed by atoms with van der Waals surface area (Å²) in [6.07, 6.45) is 2.56. The van der Waals surface area contributed by atoms with Crippen LogP contribution >= 0.6 is 0 Å². The van der Waals surface area contributed by atoms with Crippen LogP contribution in [-0.4, -0.2) is 39.1 Å². The van der Waals surface area contributed by atoms with E-state index in [1.54, 1.807) is 25.1 Å². The first kappa shape index (κ1) is 16.0. The van der Waals surface area contributed by atoms with Gasteiger partial charge in [0.2, 0.25) is 5.91 Å². The molecule has 0 aromatic carbocycles. The van der Waals surface area contributed by atoms with Gasteiger partial charge < -0.3 is 10.00 Å². The quantitative estimate of drug-likeness (QED) is 0.874. The van der Waals surface area contributed by atoms with E-state index in [9.17, 15) is 9.59 Å². The molecule has 2 N–H and O–H groups in total. The highest BCUT2D eigenvalue weighted by Gasteiger charge is 2.20. The van der Waals surface area contributed by atoms with Crippen LogP contribution in [-0.2, 0) is 17.6 Å². The van der Waals surface area contributed by atoms with E-state index in [-0.39, 0.29) is 23.9 Å². The molecule has 6 nitrogen and oxygen atoms in total. The molecule has 0 fully saturated rings. The lowest BCUT2D eigenvalue weighted by Crippen LogP contribution is -2.38. The van der Waals surface area contributed by atoms with Crippen LogP contribution in [0, 0.1) is 13.8 Å². The fourth-order valence-corrected chi connectivity index (χ4v) is 2.36. The number of rotatable bonds is 5. The van der Waals surface area contributed by atoms with Crippen molar-refractivity contribution in [3.63, 3.8) is 0 Å². The SMILES string of the molecule is Cc1cccnc1CC(C)N(C)C(=O)Cc1c(C)[nH][nH]c1=O. The van der Waals surface area contributed by atoms with Gasteiger partial charge in [-0.15, -0.1) is 0 Å². The van der Waals surface area contributed by atoms with Crippen LogP contribution in [0.25, 0.3) is 0 Å². The van der Waals surface area contributed by atoms with Gasteiger partial charge in [-0.25, -0.2) is 0 Å². The lowest BCUT2D eigenvalue weighted by atomic mass is 10.1. The first-order valence-electron chi connectivity index (χ1n) is 7.32. The van der Waals surface area contributed by atoms with E-state index in [0.717, 1.165) is 11.3 Å². The number of carbonyl (C=O) groups excluding carboxylic acids is 1. The lowest BCUT2D eigenvalue weighted by molar-refractivity contribution is -0.130. The molecule has 0 bridgehead atoms. The zero-order valence-electron chi connectivity index (χ0n) is 13.4. The molecule has 0 aliphatic heterocycles. The van der Waals surface area contributed by atoms with Gasteiger partial charge in [0.05, 0.1) is 6.42 Å². The number of aromatic amines is 2. The molecule has 2 heterocycles. The summed E-state index contributed by atoms with van der Waals surface area (Å²) >= 11 is 0. The Morgan fingerprint density at radius 3 is 2.68 bits per heavy atom. The molecular formula is C16H22N4O2. The number of nitrogens with one attached hydrogen (secondary N) is 2. The molecule has 0 aliphatic rings. The smallest absolute Gasteiger partial charge is 0.267 e. The number of aromatic nitrogens is 3. The average Bonchev–Trinajstić information content (AvgIpc) is 2.80. The third-order valence-electron chi connectivity index (χ3n) is 4.08. The summed E-state index contributed by atoms with van der Waals surface area (Å²) < 4.78 is 0. The Labute approximate surface area is 129 Å². The van der Waals surface area contributed by atoms with Gasteiger partial charge in [-0.3, -0.25) is 19.7 Å². The van der Waals surface area contributed by atoms with Gasteiger partial charge in [-0.1, -0.05) is 6.07 Å². The van der Waals surface area contributed by atoms with Crippen LogP contribution in [0.5, 0.6) is 0 Å². The maximum atomic E-state index is 12.4. The van der Waals surface area contributed by atoms with Crippen LogP contribution < -0.4 is 5.56 Å². The maximum Gasteiger partial charge on any atom is 0.267 e. The van der Waals surface area contributed by atoms with Gasteiger partial charge in [-0.05, 0) is 32.4 Å². The number of H-pyrrole nitrogens is 2. The molecule has 0 spiro atoms. The van der Waals surface area contributed by atoms with E-state index in [1.807, 2.05) is 26.0 Å². The topological polar surface area (TPSA) is 81.8 Å². The monoisotopic (exact) mass is 302 g/mol. The summed E-state index contributed by atoms with van der Waals surface area (Å²) in [4.78, 5) is 30.1. The number of hydrogen-bond acceptors (Lipinski definition) is 3.